The molecule has 2 aromatic carbocycles. The lowest BCUT2D eigenvalue weighted by atomic mass is 9.99. The standard InChI is InChI=1S/C23H21F4NO3/c1-30-14-9-8-12(10-15(14)31-13-4-2-3-5-13)28-22(11-6-7-11)16-17(23(28)29)19(25)21(27)20(26)18(16)24/h8-11,13,22H,2-7H2,1H3. The zero-order chi connectivity index (χ0) is 21.9. The van der Waals surface area contributed by atoms with Gasteiger partial charge in [0.25, 0.3) is 5.91 Å². The largest absolute Gasteiger partial charge is 0.493 e. The number of benzene rings is 2. The highest BCUT2D eigenvalue weighted by Crippen LogP contribution is 2.53. The van der Waals surface area contributed by atoms with Crippen LogP contribution in [0.25, 0.3) is 0 Å². The number of carbonyl (C=O) groups excluding carboxylic acids is 1. The molecule has 0 spiro atoms. The first-order chi connectivity index (χ1) is 14.9. The van der Waals surface area contributed by atoms with E-state index in [9.17, 15) is 22.4 Å². The third-order valence-corrected chi connectivity index (χ3v) is 6.40. The van der Waals surface area contributed by atoms with Crippen LogP contribution in [0.3, 0.4) is 0 Å². The predicted octanol–water partition coefficient (Wildman–Crippen LogP) is 5.68. The molecule has 0 aromatic heterocycles. The smallest absolute Gasteiger partial charge is 0.262 e. The molecule has 1 heterocycles. The lowest BCUT2D eigenvalue weighted by molar-refractivity contribution is 0.0985. The molecule has 2 fully saturated rings. The molecule has 0 N–H and O–H groups in total. The molecule has 4 nitrogen and oxygen atoms in total. The normalized spacial score (nSPS) is 21.0. The van der Waals surface area contributed by atoms with Gasteiger partial charge in [-0.1, -0.05) is 0 Å². The summed E-state index contributed by atoms with van der Waals surface area (Å²) < 4.78 is 68.6. The quantitative estimate of drug-likeness (QED) is 0.344. The first kappa shape index (κ1) is 20.2. The van der Waals surface area contributed by atoms with Gasteiger partial charge in [-0.3, -0.25) is 4.79 Å². The highest BCUT2D eigenvalue weighted by atomic mass is 19.2. The lowest BCUT2D eigenvalue weighted by Gasteiger charge is -2.27. The maximum absolute atomic E-state index is 14.7. The number of nitrogens with zero attached hydrogens (tertiary/aromatic N) is 1. The summed E-state index contributed by atoms with van der Waals surface area (Å²) in [5.74, 6) is -7.18. The van der Waals surface area contributed by atoms with Crippen molar-refractivity contribution >= 4 is 11.6 Å². The van der Waals surface area contributed by atoms with Crippen LogP contribution in [-0.2, 0) is 0 Å². The molecule has 1 aliphatic heterocycles. The number of hydrogen-bond donors (Lipinski definition) is 0. The Morgan fingerprint density at radius 1 is 0.903 bits per heavy atom. The van der Waals surface area contributed by atoms with E-state index >= 15 is 0 Å². The van der Waals surface area contributed by atoms with Gasteiger partial charge in [-0.15, -0.1) is 0 Å². The maximum Gasteiger partial charge on any atom is 0.262 e. The fraction of sp³-hybridized carbons (Fsp3) is 0.435. The van der Waals surface area contributed by atoms with Gasteiger partial charge in [0, 0.05) is 17.3 Å². The molecule has 1 atom stereocenters. The monoisotopic (exact) mass is 435 g/mol. The van der Waals surface area contributed by atoms with Gasteiger partial charge in [-0.2, -0.15) is 0 Å². The van der Waals surface area contributed by atoms with Gasteiger partial charge in [0.15, 0.2) is 34.8 Å². The van der Waals surface area contributed by atoms with Crippen molar-refractivity contribution in [3.05, 3.63) is 52.6 Å². The molecule has 2 saturated carbocycles. The minimum absolute atomic E-state index is 0.0212. The van der Waals surface area contributed by atoms with Crippen molar-refractivity contribution in [1.29, 1.82) is 0 Å². The molecule has 1 amide bonds. The van der Waals surface area contributed by atoms with E-state index in [4.69, 9.17) is 9.47 Å². The zero-order valence-electron chi connectivity index (χ0n) is 16.9. The number of amides is 1. The van der Waals surface area contributed by atoms with E-state index in [1.807, 2.05) is 0 Å². The SMILES string of the molecule is COc1ccc(N2C(=O)c3c(F)c(F)c(F)c(F)c3C2C2CC2)cc1OC1CCCC1. The van der Waals surface area contributed by atoms with Crippen LogP contribution < -0.4 is 14.4 Å². The average Bonchev–Trinajstić information content (AvgIpc) is 3.39. The summed E-state index contributed by atoms with van der Waals surface area (Å²) in [6.07, 6.45) is 5.30. The molecule has 164 valence electrons. The number of carbonyl (C=O) groups is 1. The van der Waals surface area contributed by atoms with Crippen molar-refractivity contribution in [2.24, 2.45) is 5.92 Å². The summed E-state index contributed by atoms with van der Waals surface area (Å²) in [5, 5.41) is 0. The number of fused-ring (bicyclic) bond motifs is 1. The van der Waals surface area contributed by atoms with E-state index in [0.717, 1.165) is 25.7 Å². The Labute approximate surface area is 176 Å². The molecule has 0 radical (unpaired) electrons. The first-order valence-electron chi connectivity index (χ1n) is 10.5. The van der Waals surface area contributed by atoms with Crippen LogP contribution in [0.5, 0.6) is 11.5 Å². The maximum atomic E-state index is 14.7. The zero-order valence-corrected chi connectivity index (χ0v) is 16.9. The Kier molecular flexibility index (Phi) is 4.83. The van der Waals surface area contributed by atoms with Gasteiger partial charge in [0.05, 0.1) is 24.8 Å². The average molecular weight is 435 g/mol. The number of ether oxygens (including phenoxy) is 2. The third-order valence-electron chi connectivity index (χ3n) is 6.40. The highest BCUT2D eigenvalue weighted by Gasteiger charge is 2.50. The van der Waals surface area contributed by atoms with E-state index < -0.39 is 46.3 Å². The second kappa shape index (κ2) is 7.43. The van der Waals surface area contributed by atoms with E-state index in [1.54, 1.807) is 18.2 Å². The summed E-state index contributed by atoms with van der Waals surface area (Å²) >= 11 is 0. The predicted molar refractivity (Wildman–Crippen MR) is 104 cm³/mol. The molecule has 8 heteroatoms. The van der Waals surface area contributed by atoms with E-state index in [-0.39, 0.29) is 12.0 Å². The van der Waals surface area contributed by atoms with Gasteiger partial charge in [0.2, 0.25) is 0 Å². The molecule has 5 rings (SSSR count). The van der Waals surface area contributed by atoms with Crippen LogP contribution in [0.15, 0.2) is 18.2 Å². The van der Waals surface area contributed by atoms with Crippen LogP contribution in [0, 0.1) is 29.2 Å². The van der Waals surface area contributed by atoms with Crippen molar-refractivity contribution in [3.8, 4) is 11.5 Å². The van der Waals surface area contributed by atoms with Crippen molar-refractivity contribution in [1.82, 2.24) is 0 Å². The minimum Gasteiger partial charge on any atom is -0.493 e. The topological polar surface area (TPSA) is 38.8 Å². The summed E-state index contributed by atoms with van der Waals surface area (Å²) in [5.41, 5.74) is -0.799. The van der Waals surface area contributed by atoms with Crippen LogP contribution >= 0.6 is 0 Å². The fourth-order valence-electron chi connectivity index (χ4n) is 4.74. The van der Waals surface area contributed by atoms with Crippen molar-refractivity contribution in [2.45, 2.75) is 50.7 Å². The Balaban J connectivity index is 1.60. The van der Waals surface area contributed by atoms with Crippen LogP contribution in [0.2, 0.25) is 0 Å². The first-order valence-corrected chi connectivity index (χ1v) is 10.5. The molecule has 0 saturated heterocycles. The van der Waals surface area contributed by atoms with E-state index in [1.165, 1.54) is 12.0 Å². The second-order valence-corrected chi connectivity index (χ2v) is 8.36. The number of anilines is 1. The number of methoxy groups -OCH3 is 1. The van der Waals surface area contributed by atoms with Gasteiger partial charge in [0.1, 0.15) is 0 Å². The molecular formula is C23H21F4NO3. The second-order valence-electron chi connectivity index (χ2n) is 8.36. The molecular weight excluding hydrogens is 414 g/mol. The van der Waals surface area contributed by atoms with Gasteiger partial charge in [-0.05, 0) is 56.6 Å². The minimum atomic E-state index is -1.97. The summed E-state index contributed by atoms with van der Waals surface area (Å²) in [6.45, 7) is 0. The third kappa shape index (κ3) is 3.15. The molecule has 2 aliphatic carbocycles. The lowest BCUT2D eigenvalue weighted by Crippen LogP contribution is -2.29. The number of halogens is 4. The van der Waals surface area contributed by atoms with E-state index in [2.05, 4.69) is 0 Å². The van der Waals surface area contributed by atoms with Crippen LogP contribution in [0.4, 0.5) is 23.2 Å². The molecule has 31 heavy (non-hydrogen) atoms. The molecule has 3 aliphatic rings. The Morgan fingerprint density at radius 3 is 2.23 bits per heavy atom. The van der Waals surface area contributed by atoms with Gasteiger partial charge < -0.3 is 14.4 Å². The van der Waals surface area contributed by atoms with Crippen molar-refractivity contribution in [3.63, 3.8) is 0 Å². The number of rotatable bonds is 5. The Morgan fingerprint density at radius 2 is 1.58 bits per heavy atom. The Hall–Kier alpha value is -2.77. The molecule has 2 aromatic rings. The fourth-order valence-corrected chi connectivity index (χ4v) is 4.74. The summed E-state index contributed by atoms with van der Waals surface area (Å²) in [4.78, 5) is 14.4. The molecule has 0 bridgehead atoms. The summed E-state index contributed by atoms with van der Waals surface area (Å²) in [7, 11) is 1.50. The van der Waals surface area contributed by atoms with E-state index in [0.29, 0.717) is 30.0 Å². The van der Waals surface area contributed by atoms with Crippen molar-refractivity contribution in [2.75, 3.05) is 12.0 Å². The van der Waals surface area contributed by atoms with Gasteiger partial charge >= 0.3 is 0 Å². The highest BCUT2D eigenvalue weighted by molar-refractivity contribution is 6.11. The van der Waals surface area contributed by atoms with Crippen LogP contribution in [0.1, 0.15) is 60.5 Å². The van der Waals surface area contributed by atoms with Crippen molar-refractivity contribution < 1.29 is 31.8 Å². The van der Waals surface area contributed by atoms with Gasteiger partial charge in [-0.25, -0.2) is 17.6 Å². The number of hydrogen-bond acceptors (Lipinski definition) is 3. The summed E-state index contributed by atoms with van der Waals surface area (Å²) in [6, 6.07) is 3.90. The molecule has 1 unspecified atom stereocenters. The van der Waals surface area contributed by atoms with Crippen LogP contribution in [-0.4, -0.2) is 19.1 Å². The Bertz CT molecular complexity index is 1060.